The summed E-state index contributed by atoms with van der Waals surface area (Å²) in [6, 6.07) is 16.2. The van der Waals surface area contributed by atoms with Crippen LogP contribution in [-0.4, -0.2) is 41.2 Å². The number of anilines is 1. The molecule has 1 saturated heterocycles. The van der Waals surface area contributed by atoms with Gasteiger partial charge in [-0.1, -0.05) is 6.07 Å². The van der Waals surface area contributed by atoms with Crippen molar-refractivity contribution in [2.45, 2.75) is 23.9 Å². The molecular formula is C26H23N7OS2. The molecule has 0 spiro atoms. The van der Waals surface area contributed by atoms with Gasteiger partial charge in [-0.2, -0.15) is 5.10 Å². The minimum absolute atomic E-state index is 0.185. The smallest absolute Gasteiger partial charge is 0.225 e. The zero-order chi connectivity index (χ0) is 24.0. The molecule has 7 heterocycles. The van der Waals surface area contributed by atoms with Crippen LogP contribution >= 0.6 is 23.1 Å². The number of thioether (sulfide) groups is 1. The molecule has 5 aromatic heterocycles. The normalized spacial score (nSPS) is 22.2. The Kier molecular flexibility index (Phi) is 5.21. The highest BCUT2D eigenvalue weighted by Gasteiger charge is 2.61. The van der Waals surface area contributed by atoms with Crippen molar-refractivity contribution >= 4 is 40.4 Å². The van der Waals surface area contributed by atoms with E-state index in [9.17, 15) is 0 Å². The lowest BCUT2D eigenvalue weighted by Crippen LogP contribution is -2.56. The van der Waals surface area contributed by atoms with E-state index in [4.69, 9.17) is 14.4 Å². The first-order valence-corrected chi connectivity index (χ1v) is 13.8. The molecule has 0 aliphatic carbocycles. The van der Waals surface area contributed by atoms with Crippen molar-refractivity contribution in [3.63, 3.8) is 0 Å². The van der Waals surface area contributed by atoms with Crippen molar-refractivity contribution in [2.24, 2.45) is 0 Å². The molecule has 0 amide bonds. The molecule has 0 aromatic carbocycles. The van der Waals surface area contributed by atoms with Gasteiger partial charge in [-0.15, -0.1) is 23.1 Å². The molecule has 2 aliphatic rings. The number of aromatic nitrogens is 5. The summed E-state index contributed by atoms with van der Waals surface area (Å²) >= 11 is 3.67. The molecule has 36 heavy (non-hydrogen) atoms. The van der Waals surface area contributed by atoms with Gasteiger partial charge in [-0.25, -0.2) is 9.97 Å². The van der Waals surface area contributed by atoms with Gasteiger partial charge < -0.3 is 14.3 Å². The number of furan rings is 1. The number of nitrogens with zero attached hydrogens (tertiary/aromatic N) is 5. The van der Waals surface area contributed by atoms with Crippen LogP contribution in [0.1, 0.15) is 34.9 Å². The number of hydrogen-bond donors (Lipinski definition) is 2. The maximum Gasteiger partial charge on any atom is 0.225 e. The van der Waals surface area contributed by atoms with Crippen LogP contribution < -0.4 is 4.90 Å². The molecular weight excluding hydrogens is 490 g/mol. The van der Waals surface area contributed by atoms with E-state index in [1.165, 1.54) is 0 Å². The van der Waals surface area contributed by atoms with E-state index in [2.05, 4.69) is 48.6 Å². The van der Waals surface area contributed by atoms with Crippen molar-refractivity contribution in [2.75, 3.05) is 10.7 Å². The first-order chi connectivity index (χ1) is 17.9. The van der Waals surface area contributed by atoms with Crippen molar-refractivity contribution in [1.82, 2.24) is 30.0 Å². The molecule has 180 valence electrons. The number of H-pyrrole nitrogens is 2. The molecule has 2 atom stereocenters. The predicted octanol–water partition coefficient (Wildman–Crippen LogP) is 5.58. The molecule has 0 bridgehead atoms. The summed E-state index contributed by atoms with van der Waals surface area (Å²) in [5.74, 6) is 2.45. The number of hydrogen-bond acceptors (Lipinski definition) is 8. The Morgan fingerprint density at radius 1 is 1.00 bits per heavy atom. The second kappa shape index (κ2) is 8.72. The van der Waals surface area contributed by atoms with Gasteiger partial charge in [-0.05, 0) is 60.4 Å². The summed E-state index contributed by atoms with van der Waals surface area (Å²) in [5, 5.41) is 9.99. The summed E-state index contributed by atoms with van der Waals surface area (Å²) in [4.78, 5) is 19.1. The van der Waals surface area contributed by atoms with Crippen molar-refractivity contribution in [3.8, 4) is 0 Å². The number of nitrogens with one attached hydrogen (secondary N) is 2. The van der Waals surface area contributed by atoms with Gasteiger partial charge in [0.15, 0.2) is 5.82 Å². The number of rotatable bonds is 6. The maximum atomic E-state index is 6.16. The van der Waals surface area contributed by atoms with E-state index in [1.54, 1.807) is 36.2 Å². The van der Waals surface area contributed by atoms with E-state index in [0.717, 1.165) is 46.3 Å². The lowest BCUT2D eigenvalue weighted by molar-refractivity contribution is 0.188. The summed E-state index contributed by atoms with van der Waals surface area (Å²) in [6.45, 7) is 0. The maximum absolute atomic E-state index is 6.16. The van der Waals surface area contributed by atoms with E-state index in [1.807, 2.05) is 48.3 Å². The van der Waals surface area contributed by atoms with Crippen LogP contribution in [0.3, 0.4) is 0 Å². The van der Waals surface area contributed by atoms with E-state index < -0.39 is 5.66 Å². The fraction of sp³-hybridized carbons (Fsp3) is 0.192. The molecule has 2 N–H and O–H groups in total. The molecule has 8 nitrogen and oxygen atoms in total. The van der Waals surface area contributed by atoms with Gasteiger partial charge in [0.25, 0.3) is 0 Å². The Morgan fingerprint density at radius 3 is 2.61 bits per heavy atom. The molecule has 1 fully saturated rings. The summed E-state index contributed by atoms with van der Waals surface area (Å²) in [7, 11) is 0. The fourth-order valence-electron chi connectivity index (χ4n) is 5.32. The van der Waals surface area contributed by atoms with Crippen LogP contribution in [-0.2, 0) is 5.66 Å². The molecule has 2 aliphatic heterocycles. The first-order valence-electron chi connectivity index (χ1n) is 11.8. The van der Waals surface area contributed by atoms with Crippen molar-refractivity contribution in [3.05, 3.63) is 107 Å². The number of aromatic amines is 2. The minimum atomic E-state index is -0.961. The van der Waals surface area contributed by atoms with Gasteiger partial charge in [0.1, 0.15) is 0 Å². The topological polar surface area (TPSA) is 89.9 Å². The molecule has 0 saturated carbocycles. The Hall–Kier alpha value is -3.76. The zero-order valence-corrected chi connectivity index (χ0v) is 20.9. The second-order valence-electron chi connectivity index (χ2n) is 8.60. The molecule has 0 radical (unpaired) electrons. The van der Waals surface area contributed by atoms with Crippen LogP contribution in [0.5, 0.6) is 0 Å². The van der Waals surface area contributed by atoms with Crippen molar-refractivity contribution < 1.29 is 4.42 Å². The quantitative estimate of drug-likeness (QED) is 0.306. The zero-order valence-electron chi connectivity index (χ0n) is 19.2. The third-order valence-corrected chi connectivity index (χ3v) is 8.88. The average molecular weight is 514 g/mol. The second-order valence-corrected chi connectivity index (χ2v) is 10.8. The summed E-state index contributed by atoms with van der Waals surface area (Å²) < 4.78 is 6.16. The van der Waals surface area contributed by atoms with E-state index in [0.29, 0.717) is 11.7 Å². The lowest BCUT2D eigenvalue weighted by atomic mass is 10.00. The Labute approximate surface area is 216 Å². The van der Waals surface area contributed by atoms with Gasteiger partial charge in [0, 0.05) is 30.9 Å². The standard InChI is InChI=1S/C26H23N7OS2/c1-6-18(27-11-1)23-24(19-7-3-16-35-19)32(21-8-2-15-34-21)26(20-10-14-30-31-20,25-28-12-5-13-29-25)33(23)22-9-4-17-36-22/h1-3,5-8,10-16,22,27H,4,9,17H2,(H,30,31). The van der Waals surface area contributed by atoms with Crippen LogP contribution in [0.2, 0.25) is 0 Å². The Balaban J connectivity index is 1.64. The molecule has 10 heteroatoms. The number of thiophene rings is 1. The highest BCUT2D eigenvalue weighted by atomic mass is 32.2. The predicted molar refractivity (Wildman–Crippen MR) is 142 cm³/mol. The average Bonchev–Trinajstić information content (AvgIpc) is 3.73. The van der Waals surface area contributed by atoms with E-state index in [-0.39, 0.29) is 5.37 Å². The summed E-state index contributed by atoms with van der Waals surface area (Å²) in [6.07, 6.45) is 11.3. The first kappa shape index (κ1) is 21.5. The lowest BCUT2D eigenvalue weighted by Gasteiger charge is -2.46. The van der Waals surface area contributed by atoms with Crippen LogP contribution in [0.25, 0.3) is 11.4 Å². The highest BCUT2D eigenvalue weighted by molar-refractivity contribution is 8.00. The van der Waals surface area contributed by atoms with E-state index >= 15 is 0 Å². The third kappa shape index (κ3) is 3.11. The van der Waals surface area contributed by atoms with Gasteiger partial charge in [0.2, 0.25) is 11.5 Å². The van der Waals surface area contributed by atoms with Gasteiger partial charge >= 0.3 is 0 Å². The Bertz CT molecular complexity index is 1440. The third-order valence-electron chi connectivity index (χ3n) is 6.64. The SMILES string of the molecule is c1cnc(C2(c3ccn[nH]3)N(c3ccco3)C(c3cccs3)=C(c3ccc[nH]3)N2C2CCCS2)nc1. The fourth-order valence-corrected chi connectivity index (χ4v) is 7.42. The molecule has 5 aromatic rings. The van der Waals surface area contributed by atoms with Crippen LogP contribution in [0.15, 0.2) is 89.4 Å². The Morgan fingerprint density at radius 2 is 1.94 bits per heavy atom. The van der Waals surface area contributed by atoms with Crippen LogP contribution in [0, 0.1) is 0 Å². The molecule has 7 rings (SSSR count). The summed E-state index contributed by atoms with van der Waals surface area (Å²) in [5.41, 5.74) is 3.06. The van der Waals surface area contributed by atoms with Gasteiger partial charge in [0.05, 0.1) is 39.3 Å². The van der Waals surface area contributed by atoms with Crippen LogP contribution in [0.4, 0.5) is 5.88 Å². The highest BCUT2D eigenvalue weighted by Crippen LogP contribution is 2.58. The minimum Gasteiger partial charge on any atom is -0.448 e. The largest absolute Gasteiger partial charge is 0.448 e. The monoisotopic (exact) mass is 513 g/mol. The van der Waals surface area contributed by atoms with Crippen molar-refractivity contribution in [1.29, 1.82) is 0 Å². The molecule has 2 unspecified atom stereocenters. The van der Waals surface area contributed by atoms with Gasteiger partial charge in [-0.3, -0.25) is 10.00 Å².